The number of benzene rings is 2. The first-order chi connectivity index (χ1) is 14.2. The third kappa shape index (κ3) is 5.95. The zero-order chi connectivity index (χ0) is 20.5. The second-order valence-corrected chi connectivity index (χ2v) is 7.57. The molecule has 2 aromatic rings. The number of likely N-dealkylation sites (tertiary alicyclic amines) is 1. The van der Waals surface area contributed by atoms with Crippen LogP contribution >= 0.6 is 0 Å². The summed E-state index contributed by atoms with van der Waals surface area (Å²) in [6.45, 7) is 5.10. The lowest BCUT2D eigenvalue weighted by Crippen LogP contribution is -2.42. The highest BCUT2D eigenvalue weighted by Gasteiger charge is 2.19. The highest BCUT2D eigenvalue weighted by molar-refractivity contribution is 5.71. The summed E-state index contributed by atoms with van der Waals surface area (Å²) in [6, 6.07) is 15.2. The van der Waals surface area contributed by atoms with Crippen LogP contribution in [0.15, 0.2) is 42.5 Å². The van der Waals surface area contributed by atoms with Crippen LogP contribution in [-0.2, 0) is 11.3 Å². The molecule has 0 amide bonds. The third-order valence-corrected chi connectivity index (χ3v) is 5.69. The fourth-order valence-electron chi connectivity index (χ4n) is 4.00. The highest BCUT2D eigenvalue weighted by atomic mass is 16.5. The Bertz CT molecular complexity index is 743. The first-order valence-electron chi connectivity index (χ1n) is 10.5. The molecule has 3 rings (SSSR count). The summed E-state index contributed by atoms with van der Waals surface area (Å²) in [4.78, 5) is 2.54. The van der Waals surface area contributed by atoms with Gasteiger partial charge in [-0.3, -0.25) is 0 Å². The SMILES string of the molecule is COCCCN1CCC(NCc2cc(OC)c(OC)cc2-c2ccccc2)CC1. The number of rotatable bonds is 10. The van der Waals surface area contributed by atoms with E-state index in [1.54, 1.807) is 21.3 Å². The molecule has 0 atom stereocenters. The van der Waals surface area contributed by atoms with Gasteiger partial charge in [0.15, 0.2) is 11.5 Å². The van der Waals surface area contributed by atoms with Gasteiger partial charge in [-0.25, -0.2) is 0 Å². The molecule has 0 radical (unpaired) electrons. The summed E-state index contributed by atoms with van der Waals surface area (Å²) in [5, 5.41) is 3.78. The van der Waals surface area contributed by atoms with Crippen LogP contribution in [-0.4, -0.2) is 58.5 Å². The van der Waals surface area contributed by atoms with Gasteiger partial charge in [0, 0.05) is 32.8 Å². The van der Waals surface area contributed by atoms with Gasteiger partial charge < -0.3 is 24.4 Å². The van der Waals surface area contributed by atoms with E-state index in [0.717, 1.165) is 50.7 Å². The lowest BCUT2D eigenvalue weighted by molar-refractivity contribution is 0.152. The van der Waals surface area contributed by atoms with E-state index < -0.39 is 0 Å². The fourth-order valence-corrected chi connectivity index (χ4v) is 4.00. The van der Waals surface area contributed by atoms with E-state index in [0.29, 0.717) is 6.04 Å². The van der Waals surface area contributed by atoms with E-state index in [9.17, 15) is 0 Å². The van der Waals surface area contributed by atoms with Crippen molar-refractivity contribution < 1.29 is 14.2 Å². The van der Waals surface area contributed by atoms with Crippen LogP contribution in [0.2, 0.25) is 0 Å². The van der Waals surface area contributed by atoms with Crippen molar-refractivity contribution >= 4 is 0 Å². The molecule has 0 unspecified atom stereocenters. The molecule has 158 valence electrons. The van der Waals surface area contributed by atoms with Crippen molar-refractivity contribution in [2.75, 3.05) is 47.6 Å². The molecule has 29 heavy (non-hydrogen) atoms. The number of piperidine rings is 1. The molecule has 0 bridgehead atoms. The summed E-state index contributed by atoms with van der Waals surface area (Å²) in [5.74, 6) is 1.54. The Labute approximate surface area is 175 Å². The van der Waals surface area contributed by atoms with E-state index >= 15 is 0 Å². The number of ether oxygens (including phenoxy) is 3. The van der Waals surface area contributed by atoms with Crippen LogP contribution < -0.4 is 14.8 Å². The average Bonchev–Trinajstić information content (AvgIpc) is 2.78. The van der Waals surface area contributed by atoms with Gasteiger partial charge in [0.1, 0.15) is 0 Å². The van der Waals surface area contributed by atoms with E-state index in [1.165, 1.54) is 29.5 Å². The van der Waals surface area contributed by atoms with Crippen LogP contribution in [0, 0.1) is 0 Å². The third-order valence-electron chi connectivity index (χ3n) is 5.69. The van der Waals surface area contributed by atoms with Gasteiger partial charge in [-0.05, 0) is 61.2 Å². The van der Waals surface area contributed by atoms with Crippen LogP contribution in [0.1, 0.15) is 24.8 Å². The molecule has 0 aliphatic carbocycles. The molecule has 2 aromatic carbocycles. The molecular weight excluding hydrogens is 364 g/mol. The summed E-state index contributed by atoms with van der Waals surface area (Å²) in [5.41, 5.74) is 3.61. The Kier molecular flexibility index (Phi) is 8.35. The summed E-state index contributed by atoms with van der Waals surface area (Å²) >= 11 is 0. The largest absolute Gasteiger partial charge is 0.493 e. The second-order valence-electron chi connectivity index (χ2n) is 7.57. The summed E-state index contributed by atoms with van der Waals surface area (Å²) < 4.78 is 16.3. The standard InChI is InChI=1S/C24H34N2O3/c1-27-15-7-12-26-13-10-21(11-14-26)25-18-20-16-23(28-2)24(29-3)17-22(20)19-8-5-4-6-9-19/h4-6,8-9,16-17,21,25H,7,10-15,18H2,1-3H3. The second kappa shape index (κ2) is 11.2. The van der Waals surface area contributed by atoms with Gasteiger partial charge in [0.05, 0.1) is 14.2 Å². The van der Waals surface area contributed by atoms with E-state index in [2.05, 4.69) is 46.6 Å². The highest BCUT2D eigenvalue weighted by Crippen LogP contribution is 2.35. The van der Waals surface area contributed by atoms with Crippen molar-refractivity contribution in [3.05, 3.63) is 48.0 Å². The predicted molar refractivity (Wildman–Crippen MR) is 118 cm³/mol. The number of nitrogens with one attached hydrogen (secondary N) is 1. The maximum Gasteiger partial charge on any atom is 0.161 e. The van der Waals surface area contributed by atoms with Crippen LogP contribution in [0.3, 0.4) is 0 Å². The zero-order valence-corrected chi connectivity index (χ0v) is 17.9. The van der Waals surface area contributed by atoms with E-state index in [1.807, 2.05) is 6.07 Å². The van der Waals surface area contributed by atoms with Crippen LogP contribution in [0.4, 0.5) is 0 Å². The Morgan fingerprint density at radius 1 is 0.966 bits per heavy atom. The molecule has 5 nitrogen and oxygen atoms in total. The van der Waals surface area contributed by atoms with Crippen molar-refractivity contribution in [3.63, 3.8) is 0 Å². The Morgan fingerprint density at radius 3 is 2.31 bits per heavy atom. The lowest BCUT2D eigenvalue weighted by Gasteiger charge is -2.32. The molecule has 1 saturated heterocycles. The van der Waals surface area contributed by atoms with Gasteiger partial charge in [-0.1, -0.05) is 30.3 Å². The van der Waals surface area contributed by atoms with Gasteiger partial charge >= 0.3 is 0 Å². The zero-order valence-electron chi connectivity index (χ0n) is 17.9. The molecule has 1 aliphatic rings. The smallest absolute Gasteiger partial charge is 0.161 e. The molecule has 0 aromatic heterocycles. The van der Waals surface area contributed by atoms with Crippen LogP contribution in [0.25, 0.3) is 11.1 Å². The molecule has 1 heterocycles. The molecule has 0 spiro atoms. The molecule has 1 fully saturated rings. The predicted octanol–water partition coefficient (Wildman–Crippen LogP) is 3.96. The number of hydrogen-bond acceptors (Lipinski definition) is 5. The molecule has 0 saturated carbocycles. The monoisotopic (exact) mass is 398 g/mol. The molecular formula is C24H34N2O3. The molecule has 1 aliphatic heterocycles. The maximum absolute atomic E-state index is 5.55. The van der Waals surface area contributed by atoms with E-state index in [-0.39, 0.29) is 0 Å². The van der Waals surface area contributed by atoms with Crippen molar-refractivity contribution in [3.8, 4) is 22.6 Å². The number of nitrogens with zero attached hydrogens (tertiary/aromatic N) is 1. The van der Waals surface area contributed by atoms with E-state index in [4.69, 9.17) is 14.2 Å². The summed E-state index contributed by atoms with van der Waals surface area (Å²) in [7, 11) is 5.15. The first-order valence-corrected chi connectivity index (χ1v) is 10.5. The summed E-state index contributed by atoms with van der Waals surface area (Å²) in [6.07, 6.45) is 3.47. The van der Waals surface area contributed by atoms with Gasteiger partial charge in [-0.15, -0.1) is 0 Å². The fraction of sp³-hybridized carbons (Fsp3) is 0.500. The normalized spacial score (nSPS) is 15.4. The Morgan fingerprint density at radius 2 is 1.66 bits per heavy atom. The van der Waals surface area contributed by atoms with Crippen molar-refractivity contribution in [2.45, 2.75) is 31.8 Å². The quantitative estimate of drug-likeness (QED) is 0.614. The molecule has 5 heteroatoms. The Balaban J connectivity index is 1.66. The van der Waals surface area contributed by atoms with Crippen molar-refractivity contribution in [1.82, 2.24) is 10.2 Å². The number of hydrogen-bond donors (Lipinski definition) is 1. The average molecular weight is 399 g/mol. The maximum atomic E-state index is 5.55. The van der Waals surface area contributed by atoms with Gasteiger partial charge in [0.2, 0.25) is 0 Å². The minimum Gasteiger partial charge on any atom is -0.493 e. The van der Waals surface area contributed by atoms with Gasteiger partial charge in [0.25, 0.3) is 0 Å². The topological polar surface area (TPSA) is 43.0 Å². The first kappa shape index (κ1) is 21.6. The van der Waals surface area contributed by atoms with Gasteiger partial charge in [-0.2, -0.15) is 0 Å². The van der Waals surface area contributed by atoms with Crippen molar-refractivity contribution in [1.29, 1.82) is 0 Å². The Hall–Kier alpha value is -2.08. The molecule has 1 N–H and O–H groups in total. The van der Waals surface area contributed by atoms with Crippen molar-refractivity contribution in [2.24, 2.45) is 0 Å². The lowest BCUT2D eigenvalue weighted by atomic mass is 9.97. The number of methoxy groups -OCH3 is 3. The minimum atomic E-state index is 0.547. The van der Waals surface area contributed by atoms with Crippen LogP contribution in [0.5, 0.6) is 11.5 Å². The minimum absolute atomic E-state index is 0.547.